The highest BCUT2D eigenvalue weighted by atomic mass is 19.1. The van der Waals surface area contributed by atoms with E-state index in [1.807, 2.05) is 0 Å². The summed E-state index contributed by atoms with van der Waals surface area (Å²) in [6.07, 6.45) is 0. The molecule has 4 aromatic rings. The molecule has 0 aliphatic carbocycles. The van der Waals surface area contributed by atoms with Gasteiger partial charge in [0.15, 0.2) is 0 Å². The third-order valence-electron chi connectivity index (χ3n) is 4.01. The molecule has 0 N–H and O–H groups in total. The van der Waals surface area contributed by atoms with Crippen molar-refractivity contribution in [2.45, 2.75) is 6.92 Å². The predicted molar refractivity (Wildman–Crippen MR) is 90.4 cm³/mol. The third kappa shape index (κ3) is 2.59. The lowest BCUT2D eigenvalue weighted by atomic mass is 10.1. The van der Waals surface area contributed by atoms with Gasteiger partial charge in [-0.2, -0.15) is 4.98 Å². The smallest absolute Gasteiger partial charge is 0.272 e. The normalized spacial score (nSPS) is 11.2. The molecule has 0 fully saturated rings. The Hall–Kier alpha value is -3.35. The summed E-state index contributed by atoms with van der Waals surface area (Å²) in [7, 11) is 1.71. The average Bonchev–Trinajstić information content (AvgIpc) is 3.10. The van der Waals surface area contributed by atoms with Gasteiger partial charge in [0.2, 0.25) is 5.82 Å². The standard InChI is InChI=1S/C18H13FN4O2/c1-10-18(24)23(2)15-8-5-12(9-14(15)20-10)16-21-17(25-22-16)11-3-6-13(19)7-4-11/h3-9H,1-2H3. The molecule has 0 aliphatic heterocycles. The van der Waals surface area contributed by atoms with Crippen molar-refractivity contribution >= 4 is 11.0 Å². The summed E-state index contributed by atoms with van der Waals surface area (Å²) >= 11 is 0. The van der Waals surface area contributed by atoms with Crippen LogP contribution in [0.15, 0.2) is 51.8 Å². The van der Waals surface area contributed by atoms with Gasteiger partial charge in [-0.1, -0.05) is 5.16 Å². The first-order chi connectivity index (χ1) is 12.0. The Balaban J connectivity index is 1.79. The van der Waals surface area contributed by atoms with E-state index in [9.17, 15) is 9.18 Å². The Bertz CT molecular complexity index is 1150. The lowest BCUT2D eigenvalue weighted by Crippen LogP contribution is -2.20. The van der Waals surface area contributed by atoms with Crippen molar-refractivity contribution in [2.24, 2.45) is 7.05 Å². The molecule has 0 unspecified atom stereocenters. The molecule has 25 heavy (non-hydrogen) atoms. The van der Waals surface area contributed by atoms with E-state index in [0.29, 0.717) is 28.5 Å². The summed E-state index contributed by atoms with van der Waals surface area (Å²) < 4.78 is 19.8. The summed E-state index contributed by atoms with van der Waals surface area (Å²) in [5.41, 5.74) is 3.05. The second-order valence-electron chi connectivity index (χ2n) is 5.69. The molecule has 0 amide bonds. The summed E-state index contributed by atoms with van der Waals surface area (Å²) in [5, 5.41) is 3.98. The van der Waals surface area contributed by atoms with Crippen LogP contribution in [0.1, 0.15) is 5.69 Å². The summed E-state index contributed by atoms with van der Waals surface area (Å²) in [6.45, 7) is 1.68. The summed E-state index contributed by atoms with van der Waals surface area (Å²) in [5.74, 6) is 0.374. The van der Waals surface area contributed by atoms with Crippen LogP contribution >= 0.6 is 0 Å². The van der Waals surface area contributed by atoms with Gasteiger partial charge in [-0.3, -0.25) is 4.79 Å². The second kappa shape index (κ2) is 5.62. The first-order valence-electron chi connectivity index (χ1n) is 7.60. The van der Waals surface area contributed by atoms with E-state index in [4.69, 9.17) is 4.52 Å². The van der Waals surface area contributed by atoms with Gasteiger partial charge in [0.05, 0.1) is 11.0 Å². The van der Waals surface area contributed by atoms with Gasteiger partial charge in [-0.25, -0.2) is 9.37 Å². The maximum absolute atomic E-state index is 13.0. The quantitative estimate of drug-likeness (QED) is 0.562. The van der Waals surface area contributed by atoms with Crippen LogP contribution in [0.3, 0.4) is 0 Å². The molecule has 4 rings (SSSR count). The summed E-state index contributed by atoms with van der Waals surface area (Å²) in [4.78, 5) is 20.6. The molecule has 7 heteroatoms. The fourth-order valence-corrected chi connectivity index (χ4v) is 2.67. The van der Waals surface area contributed by atoms with Crippen molar-refractivity contribution < 1.29 is 8.91 Å². The molecule has 2 heterocycles. The molecule has 2 aromatic heterocycles. The van der Waals surface area contributed by atoms with Crippen molar-refractivity contribution in [2.75, 3.05) is 0 Å². The van der Waals surface area contributed by atoms with Gasteiger partial charge in [0.1, 0.15) is 11.5 Å². The molecule has 0 bridgehead atoms. The van der Waals surface area contributed by atoms with Crippen LogP contribution < -0.4 is 5.56 Å². The van der Waals surface area contributed by atoms with Crippen molar-refractivity contribution in [1.29, 1.82) is 0 Å². The fourth-order valence-electron chi connectivity index (χ4n) is 2.67. The van der Waals surface area contributed by atoms with Gasteiger partial charge >= 0.3 is 0 Å². The number of aromatic nitrogens is 4. The minimum absolute atomic E-state index is 0.126. The van der Waals surface area contributed by atoms with E-state index in [0.717, 1.165) is 11.1 Å². The number of aryl methyl sites for hydroxylation is 2. The largest absolute Gasteiger partial charge is 0.334 e. The van der Waals surface area contributed by atoms with Crippen molar-refractivity contribution in [3.05, 3.63) is 64.3 Å². The number of halogens is 1. The monoisotopic (exact) mass is 336 g/mol. The highest BCUT2D eigenvalue weighted by Gasteiger charge is 2.13. The van der Waals surface area contributed by atoms with Crippen LogP contribution in [0.4, 0.5) is 4.39 Å². The van der Waals surface area contributed by atoms with Crippen LogP contribution in [0, 0.1) is 12.7 Å². The average molecular weight is 336 g/mol. The van der Waals surface area contributed by atoms with E-state index in [1.54, 1.807) is 48.9 Å². The zero-order valence-corrected chi connectivity index (χ0v) is 13.5. The number of fused-ring (bicyclic) bond motifs is 1. The lowest BCUT2D eigenvalue weighted by molar-refractivity contribution is 0.432. The first kappa shape index (κ1) is 15.2. The molecule has 0 radical (unpaired) electrons. The van der Waals surface area contributed by atoms with E-state index >= 15 is 0 Å². The molecule has 0 saturated carbocycles. The maximum atomic E-state index is 13.0. The highest BCUT2D eigenvalue weighted by molar-refractivity contribution is 5.80. The Labute approximate surface area is 141 Å². The van der Waals surface area contributed by atoms with Gasteiger partial charge in [0, 0.05) is 18.2 Å². The number of benzene rings is 2. The molecule has 2 aromatic carbocycles. The molecule has 0 saturated heterocycles. The fraction of sp³-hybridized carbons (Fsp3) is 0.111. The predicted octanol–water partition coefficient (Wildman–Crippen LogP) is 3.10. The van der Waals surface area contributed by atoms with Crippen molar-refractivity contribution in [1.82, 2.24) is 19.7 Å². The Morgan fingerprint density at radius 2 is 1.76 bits per heavy atom. The zero-order chi connectivity index (χ0) is 17.6. The zero-order valence-electron chi connectivity index (χ0n) is 13.5. The van der Waals surface area contributed by atoms with Gasteiger partial charge in [-0.15, -0.1) is 0 Å². The number of nitrogens with zero attached hydrogens (tertiary/aromatic N) is 4. The van der Waals surface area contributed by atoms with Crippen molar-refractivity contribution in [3.63, 3.8) is 0 Å². The molecular formula is C18H13FN4O2. The minimum atomic E-state index is -0.329. The first-order valence-corrected chi connectivity index (χ1v) is 7.60. The SMILES string of the molecule is Cc1nc2cc(-c3noc(-c4ccc(F)cc4)n3)ccc2n(C)c1=O. The maximum Gasteiger partial charge on any atom is 0.272 e. The van der Waals surface area contributed by atoms with Crippen LogP contribution in [-0.2, 0) is 7.05 Å². The lowest BCUT2D eigenvalue weighted by Gasteiger charge is -2.06. The number of hydrogen-bond acceptors (Lipinski definition) is 5. The van der Waals surface area contributed by atoms with E-state index in [-0.39, 0.29) is 11.4 Å². The van der Waals surface area contributed by atoms with E-state index < -0.39 is 0 Å². The van der Waals surface area contributed by atoms with Crippen LogP contribution in [-0.4, -0.2) is 19.7 Å². The Kier molecular flexibility index (Phi) is 3.42. The number of hydrogen-bond donors (Lipinski definition) is 0. The van der Waals surface area contributed by atoms with Crippen LogP contribution in [0.5, 0.6) is 0 Å². The van der Waals surface area contributed by atoms with E-state index in [1.165, 1.54) is 12.1 Å². The second-order valence-corrected chi connectivity index (χ2v) is 5.69. The molecular weight excluding hydrogens is 323 g/mol. The molecule has 0 atom stereocenters. The third-order valence-corrected chi connectivity index (χ3v) is 4.01. The van der Waals surface area contributed by atoms with Crippen molar-refractivity contribution in [3.8, 4) is 22.8 Å². The van der Waals surface area contributed by atoms with Crippen LogP contribution in [0.25, 0.3) is 33.9 Å². The molecule has 0 aliphatic rings. The topological polar surface area (TPSA) is 73.8 Å². The molecule has 124 valence electrons. The molecule has 0 spiro atoms. The highest BCUT2D eigenvalue weighted by Crippen LogP contribution is 2.24. The van der Waals surface area contributed by atoms with Crippen LogP contribution in [0.2, 0.25) is 0 Å². The minimum Gasteiger partial charge on any atom is -0.334 e. The molecule has 6 nitrogen and oxygen atoms in total. The number of rotatable bonds is 2. The Morgan fingerprint density at radius 3 is 2.52 bits per heavy atom. The Morgan fingerprint density at radius 1 is 1.04 bits per heavy atom. The van der Waals surface area contributed by atoms with Gasteiger partial charge < -0.3 is 9.09 Å². The van der Waals surface area contributed by atoms with Gasteiger partial charge in [-0.05, 0) is 49.4 Å². The summed E-state index contributed by atoms with van der Waals surface area (Å²) in [6, 6.07) is 11.2. The van der Waals surface area contributed by atoms with E-state index in [2.05, 4.69) is 15.1 Å². The van der Waals surface area contributed by atoms with Gasteiger partial charge in [0.25, 0.3) is 11.4 Å².